The maximum atomic E-state index is 13.6. The van der Waals surface area contributed by atoms with Crippen molar-refractivity contribution in [2.75, 3.05) is 7.11 Å². The number of nitrogens with zero attached hydrogens (tertiary/aromatic N) is 2. The SMILES string of the molecule is COc1ccc(/C=C/C(=O)NCc2cn3ccccc3n2)cc1F. The normalized spacial score (nSPS) is 11.1. The molecule has 0 spiro atoms. The first-order chi connectivity index (χ1) is 11.7. The van der Waals surface area contributed by atoms with Gasteiger partial charge in [0.25, 0.3) is 0 Å². The molecule has 0 fully saturated rings. The van der Waals surface area contributed by atoms with E-state index in [0.717, 1.165) is 11.3 Å². The maximum Gasteiger partial charge on any atom is 0.244 e. The summed E-state index contributed by atoms with van der Waals surface area (Å²) >= 11 is 0. The number of ether oxygens (including phenoxy) is 1. The monoisotopic (exact) mass is 325 g/mol. The van der Waals surface area contributed by atoms with Gasteiger partial charge in [-0.3, -0.25) is 4.79 Å². The Morgan fingerprint density at radius 1 is 1.38 bits per heavy atom. The first-order valence-electron chi connectivity index (χ1n) is 7.38. The second-order valence-electron chi connectivity index (χ2n) is 5.14. The lowest BCUT2D eigenvalue weighted by molar-refractivity contribution is -0.116. The molecular formula is C18H16FN3O2. The topological polar surface area (TPSA) is 55.6 Å². The Morgan fingerprint density at radius 3 is 3.00 bits per heavy atom. The van der Waals surface area contributed by atoms with Gasteiger partial charge in [0, 0.05) is 18.5 Å². The summed E-state index contributed by atoms with van der Waals surface area (Å²) in [6.07, 6.45) is 6.66. The van der Waals surface area contributed by atoms with Crippen molar-refractivity contribution in [2.24, 2.45) is 0 Å². The highest BCUT2D eigenvalue weighted by atomic mass is 19.1. The van der Waals surface area contributed by atoms with Crippen LogP contribution in [0.3, 0.4) is 0 Å². The summed E-state index contributed by atoms with van der Waals surface area (Å²) in [6, 6.07) is 10.2. The van der Waals surface area contributed by atoms with Crippen LogP contribution in [-0.2, 0) is 11.3 Å². The third kappa shape index (κ3) is 3.60. The fourth-order valence-corrected chi connectivity index (χ4v) is 2.27. The number of carbonyl (C=O) groups is 1. The lowest BCUT2D eigenvalue weighted by Crippen LogP contribution is -2.20. The molecule has 3 aromatic rings. The Morgan fingerprint density at radius 2 is 2.25 bits per heavy atom. The lowest BCUT2D eigenvalue weighted by atomic mass is 10.2. The highest BCUT2D eigenvalue weighted by molar-refractivity contribution is 5.91. The van der Waals surface area contributed by atoms with Crippen molar-refractivity contribution in [3.63, 3.8) is 0 Å². The minimum absolute atomic E-state index is 0.170. The van der Waals surface area contributed by atoms with Crippen molar-refractivity contribution >= 4 is 17.6 Å². The van der Waals surface area contributed by atoms with Crippen LogP contribution in [0.25, 0.3) is 11.7 Å². The standard InChI is InChI=1S/C18H16FN3O2/c1-24-16-7-5-13(10-15(16)19)6-8-18(23)20-11-14-12-22-9-3-2-4-17(22)21-14/h2-10,12H,11H2,1H3,(H,20,23)/b8-6+. The van der Waals surface area contributed by atoms with E-state index >= 15 is 0 Å². The number of aromatic nitrogens is 2. The number of rotatable bonds is 5. The summed E-state index contributed by atoms with van der Waals surface area (Å²) < 4.78 is 20.3. The van der Waals surface area contributed by atoms with Crippen molar-refractivity contribution in [3.8, 4) is 5.75 Å². The summed E-state index contributed by atoms with van der Waals surface area (Å²) in [5.41, 5.74) is 2.17. The Balaban J connectivity index is 1.59. The molecule has 2 heterocycles. The zero-order chi connectivity index (χ0) is 16.9. The van der Waals surface area contributed by atoms with Crippen molar-refractivity contribution in [1.29, 1.82) is 0 Å². The number of halogens is 1. The molecule has 122 valence electrons. The Hall–Kier alpha value is -3.15. The molecule has 0 aliphatic carbocycles. The van der Waals surface area contributed by atoms with Crippen molar-refractivity contribution in [2.45, 2.75) is 6.54 Å². The van der Waals surface area contributed by atoms with Crippen LogP contribution < -0.4 is 10.1 Å². The van der Waals surface area contributed by atoms with E-state index in [1.165, 1.54) is 25.3 Å². The van der Waals surface area contributed by atoms with Crippen LogP contribution in [0.1, 0.15) is 11.3 Å². The number of benzene rings is 1. The molecule has 0 unspecified atom stereocenters. The highest BCUT2D eigenvalue weighted by Gasteiger charge is 2.04. The predicted octanol–water partition coefficient (Wildman–Crippen LogP) is 2.81. The molecule has 2 aromatic heterocycles. The van der Waals surface area contributed by atoms with Crippen LogP contribution in [0.4, 0.5) is 4.39 Å². The third-order valence-corrected chi connectivity index (χ3v) is 3.46. The number of methoxy groups -OCH3 is 1. The van der Waals surface area contributed by atoms with Crippen molar-refractivity contribution in [3.05, 3.63) is 71.9 Å². The summed E-state index contributed by atoms with van der Waals surface area (Å²) in [5.74, 6) is -0.573. The second kappa shape index (κ2) is 6.95. The highest BCUT2D eigenvalue weighted by Crippen LogP contribution is 2.18. The number of hydrogen-bond acceptors (Lipinski definition) is 3. The summed E-state index contributed by atoms with van der Waals surface area (Å²) in [6.45, 7) is 0.321. The van der Waals surface area contributed by atoms with Gasteiger partial charge in [0.05, 0.1) is 19.3 Å². The van der Waals surface area contributed by atoms with Gasteiger partial charge in [-0.15, -0.1) is 0 Å². The van der Waals surface area contributed by atoms with E-state index in [1.54, 1.807) is 12.1 Å². The Kier molecular flexibility index (Phi) is 4.56. The average molecular weight is 325 g/mol. The van der Waals surface area contributed by atoms with E-state index in [1.807, 2.05) is 35.0 Å². The fraction of sp³-hybridized carbons (Fsp3) is 0.111. The first-order valence-corrected chi connectivity index (χ1v) is 7.38. The molecule has 0 atom stereocenters. The molecule has 1 N–H and O–H groups in total. The van der Waals surface area contributed by atoms with Crippen LogP contribution in [0.5, 0.6) is 5.75 Å². The van der Waals surface area contributed by atoms with Gasteiger partial charge in [0.15, 0.2) is 11.6 Å². The molecule has 3 rings (SSSR count). The van der Waals surface area contributed by atoms with E-state index in [4.69, 9.17) is 4.74 Å². The van der Waals surface area contributed by atoms with E-state index in [9.17, 15) is 9.18 Å². The van der Waals surface area contributed by atoms with Gasteiger partial charge in [0.2, 0.25) is 5.91 Å². The Bertz CT molecular complexity index is 869. The number of carbonyl (C=O) groups excluding carboxylic acids is 1. The van der Waals surface area contributed by atoms with Gasteiger partial charge >= 0.3 is 0 Å². The summed E-state index contributed by atoms with van der Waals surface area (Å²) in [7, 11) is 1.40. The molecule has 0 radical (unpaired) electrons. The lowest BCUT2D eigenvalue weighted by Gasteiger charge is -2.02. The van der Waals surface area contributed by atoms with Crippen LogP contribution in [0.15, 0.2) is 54.9 Å². The zero-order valence-corrected chi connectivity index (χ0v) is 13.1. The van der Waals surface area contributed by atoms with Gasteiger partial charge in [-0.1, -0.05) is 12.1 Å². The molecule has 0 saturated heterocycles. The van der Waals surface area contributed by atoms with Gasteiger partial charge in [-0.05, 0) is 35.9 Å². The quantitative estimate of drug-likeness (QED) is 0.734. The molecular weight excluding hydrogens is 309 g/mol. The molecule has 0 bridgehead atoms. The third-order valence-electron chi connectivity index (χ3n) is 3.46. The van der Waals surface area contributed by atoms with E-state index < -0.39 is 5.82 Å². The van der Waals surface area contributed by atoms with Crippen LogP contribution >= 0.6 is 0 Å². The number of nitrogens with one attached hydrogen (secondary N) is 1. The Labute approximate surface area is 138 Å². The number of amides is 1. The number of hydrogen-bond donors (Lipinski definition) is 1. The number of imidazole rings is 1. The smallest absolute Gasteiger partial charge is 0.244 e. The van der Waals surface area contributed by atoms with Gasteiger partial charge in [-0.2, -0.15) is 0 Å². The predicted molar refractivity (Wildman–Crippen MR) is 89.0 cm³/mol. The number of pyridine rings is 1. The summed E-state index contributed by atoms with van der Waals surface area (Å²) in [5, 5.41) is 2.75. The largest absolute Gasteiger partial charge is 0.494 e. The van der Waals surface area contributed by atoms with Crippen LogP contribution in [0.2, 0.25) is 0 Å². The molecule has 6 heteroatoms. The van der Waals surface area contributed by atoms with Gasteiger partial charge < -0.3 is 14.5 Å². The van der Waals surface area contributed by atoms with Crippen LogP contribution in [0, 0.1) is 5.82 Å². The molecule has 24 heavy (non-hydrogen) atoms. The van der Waals surface area contributed by atoms with Gasteiger partial charge in [-0.25, -0.2) is 9.37 Å². The minimum Gasteiger partial charge on any atom is -0.494 e. The average Bonchev–Trinajstić information content (AvgIpc) is 3.01. The first kappa shape index (κ1) is 15.7. The fourth-order valence-electron chi connectivity index (χ4n) is 2.27. The van der Waals surface area contributed by atoms with E-state index in [2.05, 4.69) is 10.3 Å². The molecule has 0 aliphatic rings. The van der Waals surface area contributed by atoms with E-state index in [0.29, 0.717) is 12.1 Å². The number of fused-ring (bicyclic) bond motifs is 1. The van der Waals surface area contributed by atoms with Crippen LogP contribution in [-0.4, -0.2) is 22.4 Å². The van der Waals surface area contributed by atoms with Crippen molar-refractivity contribution < 1.29 is 13.9 Å². The molecule has 0 saturated carbocycles. The second-order valence-corrected chi connectivity index (χ2v) is 5.14. The summed E-state index contributed by atoms with van der Waals surface area (Å²) in [4.78, 5) is 16.3. The molecule has 1 aromatic carbocycles. The molecule has 0 aliphatic heterocycles. The minimum atomic E-state index is -0.468. The molecule has 5 nitrogen and oxygen atoms in total. The maximum absolute atomic E-state index is 13.6. The van der Waals surface area contributed by atoms with Crippen molar-refractivity contribution in [1.82, 2.24) is 14.7 Å². The zero-order valence-electron chi connectivity index (χ0n) is 13.1. The van der Waals surface area contributed by atoms with E-state index in [-0.39, 0.29) is 11.7 Å². The molecule has 1 amide bonds. The van der Waals surface area contributed by atoms with Gasteiger partial charge in [0.1, 0.15) is 5.65 Å².